The van der Waals surface area contributed by atoms with Gasteiger partial charge in [-0.25, -0.2) is 0 Å². The number of hydrogen-bond donors (Lipinski definition) is 2. The van der Waals surface area contributed by atoms with Crippen LogP contribution >= 0.6 is 0 Å². The molecule has 0 saturated heterocycles. The molecule has 1 saturated carbocycles. The van der Waals surface area contributed by atoms with Crippen molar-refractivity contribution in [3.05, 3.63) is 40.5 Å². The number of anilines is 1. The molecule has 2 aliphatic rings. The van der Waals surface area contributed by atoms with E-state index < -0.39 is 0 Å². The fourth-order valence-electron chi connectivity index (χ4n) is 3.44. The first-order valence-electron chi connectivity index (χ1n) is 8.25. The second-order valence-corrected chi connectivity index (χ2v) is 6.31. The first-order chi connectivity index (χ1) is 11.2. The third-order valence-corrected chi connectivity index (χ3v) is 4.80. The molecular weight excluding hydrogens is 286 g/mol. The summed E-state index contributed by atoms with van der Waals surface area (Å²) in [7, 11) is 2.97. The minimum atomic E-state index is 0.133. The average molecular weight is 313 g/mol. The molecule has 1 aromatic carbocycles. The van der Waals surface area contributed by atoms with Gasteiger partial charge in [-0.2, -0.15) is 0 Å². The van der Waals surface area contributed by atoms with Gasteiger partial charge in [-0.15, -0.1) is 0 Å². The molecule has 3 nitrogen and oxygen atoms in total. The Hall–Kier alpha value is -1.87. The molecule has 2 aliphatic carbocycles. The van der Waals surface area contributed by atoms with Crippen molar-refractivity contribution in [2.75, 3.05) is 19.5 Å². The molecular formula is C20H27NO2. The van der Waals surface area contributed by atoms with E-state index in [9.17, 15) is 4.79 Å². The summed E-state index contributed by atoms with van der Waals surface area (Å²) in [5.41, 5.74) is 7.67. The zero-order valence-electron chi connectivity index (χ0n) is 14.4. The minimum absolute atomic E-state index is 0.133. The number of hydrogen-bond acceptors (Lipinski definition) is 3. The van der Waals surface area contributed by atoms with Crippen molar-refractivity contribution in [3.63, 3.8) is 0 Å². The van der Waals surface area contributed by atoms with Gasteiger partial charge in [-0.1, -0.05) is 30.4 Å². The first-order valence-corrected chi connectivity index (χ1v) is 8.25. The van der Waals surface area contributed by atoms with Crippen molar-refractivity contribution in [2.24, 2.45) is 11.8 Å². The number of carbonyl (C=O) groups excluding carboxylic acids is 1. The Morgan fingerprint density at radius 3 is 2.57 bits per heavy atom. The molecule has 1 aromatic rings. The van der Waals surface area contributed by atoms with Crippen LogP contribution in [-0.2, 0) is 17.6 Å². The highest BCUT2D eigenvalue weighted by atomic mass is 16.2. The predicted molar refractivity (Wildman–Crippen MR) is 97.6 cm³/mol. The monoisotopic (exact) mass is 313 g/mol. The van der Waals surface area contributed by atoms with Gasteiger partial charge in [-0.05, 0) is 55.2 Å². The van der Waals surface area contributed by atoms with Crippen molar-refractivity contribution in [2.45, 2.75) is 32.6 Å². The Bertz CT molecular complexity index is 627. The molecule has 0 amide bonds. The SMILES string of the molecule is C=Cc1cc2c(c(NC)c1/C=C(\C)C1CC1)CC(C=O)C2.CO. The van der Waals surface area contributed by atoms with Gasteiger partial charge in [0.25, 0.3) is 0 Å². The average Bonchev–Trinajstić information content (AvgIpc) is 3.36. The quantitative estimate of drug-likeness (QED) is 0.815. The van der Waals surface area contributed by atoms with Crippen LogP contribution in [0, 0.1) is 11.8 Å². The maximum Gasteiger partial charge on any atom is 0.123 e. The highest BCUT2D eigenvalue weighted by Gasteiger charge is 2.27. The molecule has 3 rings (SSSR count). The number of aldehydes is 1. The lowest BCUT2D eigenvalue weighted by Crippen LogP contribution is -2.02. The van der Waals surface area contributed by atoms with E-state index in [2.05, 4.69) is 31.0 Å². The summed E-state index contributed by atoms with van der Waals surface area (Å²) < 4.78 is 0. The molecule has 0 aliphatic heterocycles. The second kappa shape index (κ2) is 7.60. The van der Waals surface area contributed by atoms with Crippen molar-refractivity contribution in [3.8, 4) is 0 Å². The molecule has 0 aromatic heterocycles. The van der Waals surface area contributed by atoms with E-state index in [1.165, 1.54) is 46.4 Å². The number of rotatable bonds is 5. The zero-order valence-corrected chi connectivity index (χ0v) is 14.4. The molecule has 1 atom stereocenters. The topological polar surface area (TPSA) is 49.3 Å². The van der Waals surface area contributed by atoms with Crippen LogP contribution in [0.25, 0.3) is 12.2 Å². The summed E-state index contributed by atoms with van der Waals surface area (Å²) in [6.45, 7) is 6.20. The summed E-state index contributed by atoms with van der Waals surface area (Å²) in [4.78, 5) is 11.1. The predicted octanol–water partition coefficient (Wildman–Crippen LogP) is 3.71. The third-order valence-electron chi connectivity index (χ3n) is 4.80. The van der Waals surface area contributed by atoms with Crippen LogP contribution in [0.5, 0.6) is 0 Å². The van der Waals surface area contributed by atoms with E-state index in [0.717, 1.165) is 32.2 Å². The number of allylic oxidation sites excluding steroid dienone is 1. The van der Waals surface area contributed by atoms with Gasteiger partial charge < -0.3 is 15.2 Å². The van der Waals surface area contributed by atoms with Gasteiger partial charge in [0.05, 0.1) is 0 Å². The molecule has 1 fully saturated rings. The lowest BCUT2D eigenvalue weighted by Gasteiger charge is -2.16. The van der Waals surface area contributed by atoms with Gasteiger partial charge in [-0.3, -0.25) is 0 Å². The highest BCUT2D eigenvalue weighted by Crippen LogP contribution is 2.41. The Balaban J connectivity index is 0.000000924. The molecule has 0 spiro atoms. The van der Waals surface area contributed by atoms with Crippen molar-refractivity contribution < 1.29 is 9.90 Å². The Morgan fingerprint density at radius 2 is 2.04 bits per heavy atom. The molecule has 23 heavy (non-hydrogen) atoms. The van der Waals surface area contributed by atoms with E-state index in [0.29, 0.717) is 0 Å². The number of fused-ring (bicyclic) bond motifs is 1. The van der Waals surface area contributed by atoms with E-state index in [-0.39, 0.29) is 5.92 Å². The van der Waals surface area contributed by atoms with Crippen molar-refractivity contribution in [1.82, 2.24) is 0 Å². The second-order valence-electron chi connectivity index (χ2n) is 6.31. The molecule has 124 valence electrons. The van der Waals surface area contributed by atoms with Crippen molar-refractivity contribution in [1.29, 1.82) is 0 Å². The van der Waals surface area contributed by atoms with Crippen LogP contribution in [0.1, 0.15) is 42.0 Å². The molecule has 3 heteroatoms. The number of aliphatic hydroxyl groups is 1. The molecule has 0 radical (unpaired) electrons. The van der Waals surface area contributed by atoms with Gasteiger partial charge in [0, 0.05) is 31.3 Å². The molecule has 0 bridgehead atoms. The summed E-state index contributed by atoms with van der Waals surface area (Å²) in [6, 6.07) is 2.22. The van der Waals surface area contributed by atoms with Crippen LogP contribution < -0.4 is 5.32 Å². The van der Waals surface area contributed by atoms with E-state index in [1.807, 2.05) is 13.1 Å². The first kappa shape index (κ1) is 17.5. The van der Waals surface area contributed by atoms with E-state index in [4.69, 9.17) is 5.11 Å². The molecule has 1 unspecified atom stereocenters. The Morgan fingerprint density at radius 1 is 1.35 bits per heavy atom. The Kier molecular flexibility index (Phi) is 5.78. The lowest BCUT2D eigenvalue weighted by atomic mass is 9.94. The van der Waals surface area contributed by atoms with Crippen LogP contribution in [-0.4, -0.2) is 25.6 Å². The largest absolute Gasteiger partial charge is 0.400 e. The fourth-order valence-corrected chi connectivity index (χ4v) is 3.44. The fraction of sp³-hybridized carbons (Fsp3) is 0.450. The molecule has 2 N–H and O–H groups in total. The molecule has 0 heterocycles. The number of aliphatic hydroxyl groups excluding tert-OH is 1. The van der Waals surface area contributed by atoms with E-state index in [1.54, 1.807) is 0 Å². The van der Waals surface area contributed by atoms with Gasteiger partial charge in [0.15, 0.2) is 0 Å². The summed E-state index contributed by atoms with van der Waals surface area (Å²) in [5, 5.41) is 10.4. The lowest BCUT2D eigenvalue weighted by molar-refractivity contribution is -0.110. The van der Waals surface area contributed by atoms with E-state index >= 15 is 0 Å². The Labute approximate surface area is 139 Å². The number of benzene rings is 1. The number of nitrogens with one attached hydrogen (secondary N) is 1. The minimum Gasteiger partial charge on any atom is -0.400 e. The summed E-state index contributed by atoms with van der Waals surface area (Å²) in [6.07, 6.45) is 9.70. The van der Waals surface area contributed by atoms with Gasteiger partial charge in [0.1, 0.15) is 6.29 Å². The van der Waals surface area contributed by atoms with Gasteiger partial charge in [0.2, 0.25) is 0 Å². The van der Waals surface area contributed by atoms with Crippen molar-refractivity contribution >= 4 is 24.1 Å². The number of carbonyl (C=O) groups is 1. The highest BCUT2D eigenvalue weighted by molar-refractivity contribution is 5.81. The van der Waals surface area contributed by atoms with Gasteiger partial charge >= 0.3 is 0 Å². The maximum absolute atomic E-state index is 11.1. The standard InChI is InChI=1S/C19H23NO.CH4O/c1-4-14-10-16-8-13(11-21)9-18(16)19(20-3)17(14)7-12(2)15-5-6-15;1-2/h4,7,10-11,13,15,20H,1,5-6,8-9H2,2-3H3;2H,1H3/b12-7+;. The zero-order chi connectivity index (χ0) is 17.0. The van der Waals surface area contributed by atoms with Crippen LogP contribution in [0.15, 0.2) is 18.2 Å². The van der Waals surface area contributed by atoms with Crippen LogP contribution in [0.4, 0.5) is 5.69 Å². The maximum atomic E-state index is 11.1. The van der Waals surface area contributed by atoms with Crippen LogP contribution in [0.3, 0.4) is 0 Å². The third kappa shape index (κ3) is 3.56. The smallest absolute Gasteiger partial charge is 0.123 e. The summed E-state index contributed by atoms with van der Waals surface area (Å²) >= 11 is 0. The summed E-state index contributed by atoms with van der Waals surface area (Å²) in [5.74, 6) is 0.900. The van der Waals surface area contributed by atoms with Crippen LogP contribution in [0.2, 0.25) is 0 Å². The normalized spacial score (nSPS) is 19.5.